The van der Waals surface area contributed by atoms with Crippen LogP contribution in [0.3, 0.4) is 0 Å². The van der Waals surface area contributed by atoms with Crippen molar-refractivity contribution in [1.29, 1.82) is 0 Å². The summed E-state index contributed by atoms with van der Waals surface area (Å²) in [7, 11) is 0. The van der Waals surface area contributed by atoms with Crippen LogP contribution in [-0.2, 0) is 16.1 Å². The molecule has 0 spiro atoms. The van der Waals surface area contributed by atoms with E-state index >= 15 is 0 Å². The molecule has 2 fully saturated rings. The van der Waals surface area contributed by atoms with Gasteiger partial charge in [-0.1, -0.05) is 11.8 Å². The minimum absolute atomic E-state index is 0.0850. The van der Waals surface area contributed by atoms with E-state index in [2.05, 4.69) is 20.1 Å². The van der Waals surface area contributed by atoms with Gasteiger partial charge in [-0.15, -0.1) is 10.2 Å². The van der Waals surface area contributed by atoms with Gasteiger partial charge in [-0.2, -0.15) is 0 Å². The highest BCUT2D eigenvalue weighted by Crippen LogP contribution is 2.22. The molecule has 110 valence electrons. The van der Waals surface area contributed by atoms with Crippen LogP contribution in [0.5, 0.6) is 0 Å². The second-order valence-corrected chi connectivity index (χ2v) is 6.35. The van der Waals surface area contributed by atoms with E-state index in [9.17, 15) is 4.79 Å². The molecule has 0 aromatic carbocycles. The fourth-order valence-electron chi connectivity index (χ4n) is 2.30. The van der Waals surface area contributed by atoms with Gasteiger partial charge in [0.1, 0.15) is 5.82 Å². The summed E-state index contributed by atoms with van der Waals surface area (Å²) >= 11 is 1.45. The fourth-order valence-corrected chi connectivity index (χ4v) is 3.10. The Labute approximate surface area is 122 Å². The van der Waals surface area contributed by atoms with Crippen LogP contribution in [0.2, 0.25) is 0 Å². The molecular formula is C13H20N4O2S. The summed E-state index contributed by atoms with van der Waals surface area (Å²) in [6.07, 6.45) is 4.70. The summed E-state index contributed by atoms with van der Waals surface area (Å²) in [6, 6.07) is 0.412. The van der Waals surface area contributed by atoms with E-state index in [1.165, 1.54) is 11.8 Å². The monoisotopic (exact) mass is 296 g/mol. The lowest BCUT2D eigenvalue weighted by Crippen LogP contribution is -2.27. The molecule has 2 aliphatic rings. The Morgan fingerprint density at radius 3 is 3.00 bits per heavy atom. The topological polar surface area (TPSA) is 69.0 Å². The van der Waals surface area contributed by atoms with Crippen LogP contribution in [0.15, 0.2) is 5.16 Å². The highest BCUT2D eigenvalue weighted by atomic mass is 32.2. The van der Waals surface area contributed by atoms with Crippen molar-refractivity contribution in [3.05, 3.63) is 5.82 Å². The molecule has 20 heavy (non-hydrogen) atoms. The van der Waals surface area contributed by atoms with E-state index in [4.69, 9.17) is 4.74 Å². The SMILES string of the molecule is Cc1nnc(SCC(=O)NC2CC2)n1C[C@H]1CCCO1. The van der Waals surface area contributed by atoms with Crippen molar-refractivity contribution in [3.8, 4) is 0 Å². The molecule has 1 atom stereocenters. The van der Waals surface area contributed by atoms with Crippen LogP contribution in [0.4, 0.5) is 0 Å². The number of rotatable bonds is 6. The maximum Gasteiger partial charge on any atom is 0.230 e. The van der Waals surface area contributed by atoms with Gasteiger partial charge in [-0.05, 0) is 32.6 Å². The second kappa shape index (κ2) is 6.13. The first-order chi connectivity index (χ1) is 9.72. The van der Waals surface area contributed by atoms with Crippen LogP contribution in [0, 0.1) is 6.92 Å². The Hall–Kier alpha value is -1.08. The molecule has 3 rings (SSSR count). The molecule has 6 nitrogen and oxygen atoms in total. The Morgan fingerprint density at radius 1 is 1.45 bits per heavy atom. The lowest BCUT2D eigenvalue weighted by molar-refractivity contribution is -0.118. The predicted molar refractivity (Wildman–Crippen MR) is 75.6 cm³/mol. The number of amides is 1. The maximum absolute atomic E-state index is 11.7. The third-order valence-electron chi connectivity index (χ3n) is 3.59. The minimum Gasteiger partial charge on any atom is -0.376 e. The van der Waals surface area contributed by atoms with Crippen LogP contribution in [0.25, 0.3) is 0 Å². The van der Waals surface area contributed by atoms with Gasteiger partial charge in [0.05, 0.1) is 18.4 Å². The normalized spacial score (nSPS) is 22.1. The predicted octanol–water partition coefficient (Wildman–Crippen LogP) is 1.14. The molecule has 0 bridgehead atoms. The number of aryl methyl sites for hydroxylation is 1. The Morgan fingerprint density at radius 2 is 2.30 bits per heavy atom. The van der Waals surface area contributed by atoms with Crippen molar-refractivity contribution in [2.45, 2.75) is 56.5 Å². The van der Waals surface area contributed by atoms with E-state index in [-0.39, 0.29) is 12.0 Å². The van der Waals surface area contributed by atoms with Gasteiger partial charge in [0.15, 0.2) is 5.16 Å². The zero-order valence-electron chi connectivity index (χ0n) is 11.7. The molecule has 1 N–H and O–H groups in total. The molecule has 1 aliphatic carbocycles. The van der Waals surface area contributed by atoms with Crippen LogP contribution in [0.1, 0.15) is 31.5 Å². The Balaban J connectivity index is 1.56. The largest absolute Gasteiger partial charge is 0.376 e. The van der Waals surface area contributed by atoms with Crippen LogP contribution < -0.4 is 5.32 Å². The number of ether oxygens (including phenoxy) is 1. The standard InChI is InChI=1S/C13H20N4O2S/c1-9-15-16-13(17(9)7-11-3-2-6-19-11)20-8-12(18)14-10-4-5-10/h10-11H,2-8H2,1H3,(H,14,18)/t11-/m1/s1. The van der Waals surface area contributed by atoms with E-state index in [1.54, 1.807) is 0 Å². The van der Waals surface area contributed by atoms with Crippen molar-refractivity contribution >= 4 is 17.7 Å². The van der Waals surface area contributed by atoms with Crippen molar-refractivity contribution in [1.82, 2.24) is 20.1 Å². The summed E-state index contributed by atoms with van der Waals surface area (Å²) in [5.74, 6) is 1.37. The lowest BCUT2D eigenvalue weighted by Gasteiger charge is -2.13. The number of aromatic nitrogens is 3. The molecule has 1 aromatic heterocycles. The van der Waals surface area contributed by atoms with Crippen LogP contribution in [-0.4, -0.2) is 45.2 Å². The van der Waals surface area contributed by atoms with E-state index in [0.29, 0.717) is 11.8 Å². The molecule has 1 aromatic rings. The maximum atomic E-state index is 11.7. The fraction of sp³-hybridized carbons (Fsp3) is 0.769. The number of thioether (sulfide) groups is 1. The Kier molecular flexibility index (Phi) is 4.26. The zero-order chi connectivity index (χ0) is 13.9. The third-order valence-corrected chi connectivity index (χ3v) is 4.55. The van der Waals surface area contributed by atoms with Gasteiger partial charge in [0.25, 0.3) is 0 Å². The highest BCUT2D eigenvalue weighted by Gasteiger charge is 2.24. The first-order valence-corrected chi connectivity index (χ1v) is 8.14. The molecule has 1 saturated heterocycles. The van der Waals surface area contributed by atoms with Gasteiger partial charge >= 0.3 is 0 Å². The zero-order valence-corrected chi connectivity index (χ0v) is 12.5. The second-order valence-electron chi connectivity index (χ2n) is 5.41. The number of hydrogen-bond acceptors (Lipinski definition) is 5. The molecular weight excluding hydrogens is 276 g/mol. The number of hydrogen-bond donors (Lipinski definition) is 1. The smallest absolute Gasteiger partial charge is 0.230 e. The third kappa shape index (κ3) is 3.52. The van der Waals surface area contributed by atoms with Crippen molar-refractivity contribution < 1.29 is 9.53 Å². The summed E-state index contributed by atoms with van der Waals surface area (Å²) in [4.78, 5) is 11.7. The van der Waals surface area contributed by atoms with Crippen molar-refractivity contribution in [2.24, 2.45) is 0 Å². The molecule has 0 unspecified atom stereocenters. The molecule has 7 heteroatoms. The summed E-state index contributed by atoms with van der Waals surface area (Å²) in [5, 5.41) is 12.1. The van der Waals surface area contributed by atoms with Gasteiger partial charge in [0.2, 0.25) is 5.91 Å². The molecule has 1 amide bonds. The van der Waals surface area contributed by atoms with E-state index in [0.717, 1.165) is 49.8 Å². The van der Waals surface area contributed by atoms with Crippen LogP contribution >= 0.6 is 11.8 Å². The summed E-state index contributed by atoms with van der Waals surface area (Å²) in [6.45, 7) is 3.57. The van der Waals surface area contributed by atoms with Crippen molar-refractivity contribution in [2.75, 3.05) is 12.4 Å². The van der Waals surface area contributed by atoms with E-state index < -0.39 is 0 Å². The Bertz CT molecular complexity index is 481. The first-order valence-electron chi connectivity index (χ1n) is 7.16. The van der Waals surface area contributed by atoms with Gasteiger partial charge in [-0.25, -0.2) is 0 Å². The molecule has 2 heterocycles. The minimum atomic E-state index is 0.0850. The lowest BCUT2D eigenvalue weighted by atomic mass is 10.2. The number of nitrogens with one attached hydrogen (secondary N) is 1. The summed E-state index contributed by atoms with van der Waals surface area (Å²) < 4.78 is 7.72. The number of carbonyl (C=O) groups is 1. The van der Waals surface area contributed by atoms with E-state index in [1.807, 2.05) is 6.92 Å². The summed E-state index contributed by atoms with van der Waals surface area (Å²) in [5.41, 5.74) is 0. The average molecular weight is 296 g/mol. The number of nitrogens with zero attached hydrogens (tertiary/aromatic N) is 3. The first kappa shape index (κ1) is 13.9. The number of carbonyl (C=O) groups excluding carboxylic acids is 1. The van der Waals surface area contributed by atoms with Gasteiger partial charge in [0, 0.05) is 12.6 Å². The van der Waals surface area contributed by atoms with Gasteiger partial charge in [-0.3, -0.25) is 4.79 Å². The molecule has 0 radical (unpaired) electrons. The molecule has 1 saturated carbocycles. The average Bonchev–Trinajstić information content (AvgIpc) is 2.97. The van der Waals surface area contributed by atoms with Crippen molar-refractivity contribution in [3.63, 3.8) is 0 Å². The van der Waals surface area contributed by atoms with Gasteiger partial charge < -0.3 is 14.6 Å². The molecule has 1 aliphatic heterocycles. The quantitative estimate of drug-likeness (QED) is 0.797. The highest BCUT2D eigenvalue weighted by molar-refractivity contribution is 7.99.